The summed E-state index contributed by atoms with van der Waals surface area (Å²) in [5.74, 6) is 11.8. The number of halogens is 1. The Morgan fingerprint density at radius 1 is 1.00 bits per heavy atom. The minimum Gasteiger partial charge on any atom is -0.324 e. The van der Waals surface area contributed by atoms with E-state index in [2.05, 4.69) is 26.1 Å². The van der Waals surface area contributed by atoms with Crippen molar-refractivity contribution in [1.29, 1.82) is 0 Å². The number of benzene rings is 1. The second kappa shape index (κ2) is 5.50. The molecule has 7 nitrogen and oxygen atoms in total. The van der Waals surface area contributed by atoms with Gasteiger partial charge >= 0.3 is 0 Å². The maximum atomic E-state index is 5.88. The van der Waals surface area contributed by atoms with E-state index in [-0.39, 0.29) is 0 Å². The van der Waals surface area contributed by atoms with Crippen LogP contribution in [0.4, 0.5) is 23.3 Å². The molecule has 8 heteroatoms. The fourth-order valence-corrected chi connectivity index (χ4v) is 1.54. The van der Waals surface area contributed by atoms with Crippen LogP contribution in [-0.4, -0.2) is 9.97 Å². The third kappa shape index (κ3) is 2.98. The van der Waals surface area contributed by atoms with Crippen LogP contribution in [0.3, 0.4) is 0 Å². The minimum absolute atomic E-state index is 0.348. The van der Waals surface area contributed by atoms with E-state index in [1.54, 1.807) is 18.2 Å². The summed E-state index contributed by atoms with van der Waals surface area (Å²) >= 11 is 5.88. The summed E-state index contributed by atoms with van der Waals surface area (Å²) in [5, 5.41) is 3.61. The number of hydrazine groups is 2. The number of nitrogens with two attached hydrogens (primary N) is 2. The molecule has 0 radical (unpaired) electrons. The molecule has 94 valence electrons. The first-order chi connectivity index (χ1) is 8.71. The lowest BCUT2D eigenvalue weighted by Crippen LogP contribution is -2.14. The van der Waals surface area contributed by atoms with Crippen molar-refractivity contribution in [3.05, 3.63) is 35.4 Å². The third-order valence-electron chi connectivity index (χ3n) is 2.10. The molecule has 1 heterocycles. The maximum Gasteiger partial charge on any atom is 0.231 e. The summed E-state index contributed by atoms with van der Waals surface area (Å²) < 4.78 is 0. The Balaban J connectivity index is 2.28. The van der Waals surface area contributed by atoms with E-state index in [1.165, 1.54) is 0 Å². The molecule has 0 bridgehead atoms. The molecule has 1 aromatic heterocycles. The number of nitrogens with one attached hydrogen (secondary N) is 3. The monoisotopic (exact) mass is 265 g/mol. The molecule has 2 aromatic rings. The van der Waals surface area contributed by atoms with Crippen LogP contribution >= 0.6 is 11.6 Å². The fraction of sp³-hybridized carbons (Fsp3) is 0. The van der Waals surface area contributed by atoms with Crippen molar-refractivity contribution in [2.24, 2.45) is 11.7 Å². The molecule has 0 unspecified atom stereocenters. The van der Waals surface area contributed by atoms with Crippen molar-refractivity contribution in [1.82, 2.24) is 9.97 Å². The van der Waals surface area contributed by atoms with Gasteiger partial charge in [-0.1, -0.05) is 17.7 Å². The quantitative estimate of drug-likeness (QED) is 0.420. The van der Waals surface area contributed by atoms with E-state index < -0.39 is 0 Å². The molecule has 7 N–H and O–H groups in total. The molecule has 0 fully saturated rings. The third-order valence-corrected chi connectivity index (χ3v) is 2.34. The standard InChI is InChI=1S/C10H12ClN7/c11-6-2-1-3-7(4-6)14-10-15-8(17-12)5-9(16-10)18-13/h1-5H,12-13H2,(H3,14,15,16,17,18). The Morgan fingerprint density at radius 2 is 1.67 bits per heavy atom. The molecule has 0 aliphatic carbocycles. The van der Waals surface area contributed by atoms with Crippen LogP contribution in [0.5, 0.6) is 0 Å². The molecule has 1 aromatic carbocycles. The summed E-state index contributed by atoms with van der Waals surface area (Å²) in [5.41, 5.74) is 5.62. The molecule has 0 saturated carbocycles. The molecule has 0 aliphatic rings. The van der Waals surface area contributed by atoms with Crippen LogP contribution in [0.1, 0.15) is 0 Å². The number of hydrogen-bond donors (Lipinski definition) is 5. The molecule has 0 spiro atoms. The first kappa shape index (κ1) is 12.4. The van der Waals surface area contributed by atoms with E-state index >= 15 is 0 Å². The molecular formula is C10H12ClN7. The highest BCUT2D eigenvalue weighted by Gasteiger charge is 2.03. The highest BCUT2D eigenvalue weighted by molar-refractivity contribution is 6.30. The normalized spacial score (nSPS) is 9.94. The van der Waals surface area contributed by atoms with Gasteiger partial charge in [-0.3, -0.25) is 0 Å². The van der Waals surface area contributed by atoms with Gasteiger partial charge in [0.1, 0.15) is 11.6 Å². The van der Waals surface area contributed by atoms with Gasteiger partial charge in [0.15, 0.2) is 0 Å². The highest BCUT2D eigenvalue weighted by atomic mass is 35.5. The topological polar surface area (TPSA) is 114 Å². The van der Waals surface area contributed by atoms with Gasteiger partial charge in [-0.05, 0) is 18.2 Å². The number of hydrogen-bond acceptors (Lipinski definition) is 7. The predicted octanol–water partition coefficient (Wildman–Crippen LogP) is 1.44. The summed E-state index contributed by atoms with van der Waals surface area (Å²) in [4.78, 5) is 8.26. The Morgan fingerprint density at radius 3 is 2.22 bits per heavy atom. The van der Waals surface area contributed by atoms with Gasteiger partial charge in [0.25, 0.3) is 0 Å². The summed E-state index contributed by atoms with van der Waals surface area (Å²) in [7, 11) is 0. The smallest absolute Gasteiger partial charge is 0.231 e. The maximum absolute atomic E-state index is 5.88. The lowest BCUT2D eigenvalue weighted by molar-refractivity contribution is 1.12. The van der Waals surface area contributed by atoms with Crippen LogP contribution in [0.25, 0.3) is 0 Å². The molecule has 0 atom stereocenters. The number of aromatic nitrogens is 2. The molecule has 0 saturated heterocycles. The van der Waals surface area contributed by atoms with Crippen LogP contribution in [0.2, 0.25) is 5.02 Å². The molecule has 2 rings (SSSR count). The number of rotatable bonds is 4. The van der Waals surface area contributed by atoms with E-state index in [4.69, 9.17) is 23.3 Å². The average molecular weight is 266 g/mol. The van der Waals surface area contributed by atoms with Gasteiger partial charge < -0.3 is 16.2 Å². The zero-order valence-corrected chi connectivity index (χ0v) is 10.1. The largest absolute Gasteiger partial charge is 0.324 e. The highest BCUT2D eigenvalue weighted by Crippen LogP contribution is 2.20. The Hall–Kier alpha value is -2.09. The van der Waals surface area contributed by atoms with Crippen molar-refractivity contribution in [3.8, 4) is 0 Å². The number of nitrogen functional groups attached to an aromatic ring is 2. The summed E-state index contributed by atoms with van der Waals surface area (Å²) in [6.07, 6.45) is 0. The van der Waals surface area contributed by atoms with Gasteiger partial charge in [-0.25, -0.2) is 11.7 Å². The Labute approximate surface area is 109 Å². The van der Waals surface area contributed by atoms with E-state index in [0.29, 0.717) is 22.6 Å². The first-order valence-electron chi connectivity index (χ1n) is 5.06. The van der Waals surface area contributed by atoms with Crippen LogP contribution in [0, 0.1) is 0 Å². The average Bonchev–Trinajstić information content (AvgIpc) is 2.38. The van der Waals surface area contributed by atoms with Gasteiger partial charge in [0.2, 0.25) is 5.95 Å². The number of nitrogens with zero attached hydrogens (tertiary/aromatic N) is 2. The molecule has 0 amide bonds. The van der Waals surface area contributed by atoms with E-state index in [1.807, 2.05) is 12.1 Å². The molecule has 0 aliphatic heterocycles. The predicted molar refractivity (Wildman–Crippen MR) is 72.4 cm³/mol. The van der Waals surface area contributed by atoms with Crippen molar-refractivity contribution < 1.29 is 0 Å². The van der Waals surface area contributed by atoms with Crippen molar-refractivity contribution in [2.45, 2.75) is 0 Å². The fourth-order valence-electron chi connectivity index (χ4n) is 1.35. The first-order valence-corrected chi connectivity index (χ1v) is 5.44. The lowest BCUT2D eigenvalue weighted by atomic mass is 10.3. The van der Waals surface area contributed by atoms with Gasteiger partial charge in [-0.2, -0.15) is 9.97 Å². The van der Waals surface area contributed by atoms with Gasteiger partial charge in [0, 0.05) is 16.8 Å². The minimum atomic E-state index is 0.348. The summed E-state index contributed by atoms with van der Waals surface area (Å²) in [6, 6.07) is 8.76. The second-order valence-electron chi connectivity index (χ2n) is 3.39. The van der Waals surface area contributed by atoms with Crippen LogP contribution in [-0.2, 0) is 0 Å². The Bertz CT molecular complexity index is 523. The number of anilines is 4. The van der Waals surface area contributed by atoms with Crippen LogP contribution in [0.15, 0.2) is 30.3 Å². The van der Waals surface area contributed by atoms with Gasteiger partial charge in [-0.15, -0.1) is 0 Å². The molecular weight excluding hydrogens is 254 g/mol. The zero-order valence-electron chi connectivity index (χ0n) is 9.31. The van der Waals surface area contributed by atoms with Crippen molar-refractivity contribution in [3.63, 3.8) is 0 Å². The van der Waals surface area contributed by atoms with Crippen molar-refractivity contribution >= 4 is 34.9 Å². The SMILES string of the molecule is NNc1cc(NN)nc(Nc2cccc(Cl)c2)n1. The van der Waals surface area contributed by atoms with Crippen LogP contribution < -0.4 is 27.9 Å². The second-order valence-corrected chi connectivity index (χ2v) is 3.82. The van der Waals surface area contributed by atoms with E-state index in [0.717, 1.165) is 5.69 Å². The zero-order chi connectivity index (χ0) is 13.0. The van der Waals surface area contributed by atoms with Gasteiger partial charge in [0.05, 0.1) is 0 Å². The lowest BCUT2D eigenvalue weighted by Gasteiger charge is -2.09. The van der Waals surface area contributed by atoms with E-state index in [9.17, 15) is 0 Å². The molecule has 18 heavy (non-hydrogen) atoms. The Kier molecular flexibility index (Phi) is 3.78. The summed E-state index contributed by atoms with van der Waals surface area (Å²) in [6.45, 7) is 0. The van der Waals surface area contributed by atoms with Crippen molar-refractivity contribution in [2.75, 3.05) is 16.2 Å².